The van der Waals surface area contributed by atoms with Gasteiger partial charge in [0.25, 0.3) is 0 Å². The Morgan fingerprint density at radius 2 is 1.81 bits per heavy atom. The van der Waals surface area contributed by atoms with Crippen LogP contribution in [0, 0.1) is 0 Å². The van der Waals surface area contributed by atoms with Crippen molar-refractivity contribution >= 4 is 41.7 Å². The molecule has 1 aromatic rings. The van der Waals surface area contributed by atoms with Crippen LogP contribution >= 0.6 is 15.9 Å². The molecule has 0 saturated heterocycles. The molecule has 1 rings (SSSR count). The van der Waals surface area contributed by atoms with Gasteiger partial charge in [-0.2, -0.15) is 0 Å². The van der Waals surface area contributed by atoms with E-state index in [1.54, 1.807) is 19.9 Å². The average molecular weight is 400 g/mol. The number of nitrogens with two attached hydrogens (primary N) is 1. The highest BCUT2D eigenvalue weighted by Crippen LogP contribution is 2.22. The van der Waals surface area contributed by atoms with Gasteiger partial charge in [0.05, 0.1) is 11.9 Å². The van der Waals surface area contributed by atoms with Crippen LogP contribution in [0.25, 0.3) is 0 Å². The van der Waals surface area contributed by atoms with Gasteiger partial charge in [-0.1, -0.05) is 15.9 Å². The van der Waals surface area contributed by atoms with Crippen LogP contribution in [0.1, 0.15) is 13.8 Å². The number of nitrogens with one attached hydrogen (secondary N) is 2. The molecule has 0 fully saturated rings. The topological polar surface area (TPSA) is 118 Å². The molecule has 0 amide bonds. The van der Waals surface area contributed by atoms with Gasteiger partial charge in [0.1, 0.15) is 4.90 Å². The third-order valence-electron chi connectivity index (χ3n) is 2.43. The molecule has 0 radical (unpaired) electrons. The van der Waals surface area contributed by atoms with Gasteiger partial charge in [0, 0.05) is 16.6 Å². The van der Waals surface area contributed by atoms with Crippen molar-refractivity contribution < 1.29 is 16.8 Å². The summed E-state index contributed by atoms with van der Waals surface area (Å²) in [5.74, 6) is 0. The predicted octanol–water partition coefficient (Wildman–Crippen LogP) is 0.637. The molecule has 0 aliphatic heterocycles. The highest BCUT2D eigenvalue weighted by Gasteiger charge is 2.26. The Labute approximate surface area is 133 Å². The van der Waals surface area contributed by atoms with Crippen molar-refractivity contribution in [3.05, 3.63) is 22.7 Å². The van der Waals surface area contributed by atoms with Gasteiger partial charge in [-0.25, -0.2) is 26.3 Å². The number of anilines is 1. The number of rotatable bonds is 6. The Hall–Kier alpha value is -0.680. The maximum atomic E-state index is 12.2. The highest BCUT2D eigenvalue weighted by molar-refractivity contribution is 9.10. The monoisotopic (exact) mass is 399 g/mol. The fourth-order valence-corrected chi connectivity index (χ4v) is 4.43. The smallest absolute Gasteiger partial charge is 0.242 e. The van der Waals surface area contributed by atoms with E-state index in [1.807, 2.05) is 0 Å². The maximum Gasteiger partial charge on any atom is 0.242 e. The molecule has 0 aliphatic carbocycles. The summed E-state index contributed by atoms with van der Waals surface area (Å²) in [6.07, 6.45) is 1.01. The molecule has 0 aromatic heterocycles. The normalized spacial score (nSPS) is 13.3. The Morgan fingerprint density at radius 1 is 1.24 bits per heavy atom. The molecule has 4 N–H and O–H groups in total. The number of hydrogen-bond acceptors (Lipinski definition) is 5. The Balaban J connectivity index is 2.91. The molecule has 0 unspecified atom stereocenters. The standard InChI is InChI=1S/C11H18BrN3O4S2/c1-11(2,15-20(3,16)17)7-14-21(18,19)10-5-4-8(12)6-9(10)13/h4-6,14-15H,7,13H2,1-3H3. The van der Waals surface area contributed by atoms with E-state index < -0.39 is 25.6 Å². The summed E-state index contributed by atoms with van der Waals surface area (Å²) >= 11 is 3.19. The quantitative estimate of drug-likeness (QED) is 0.606. The SMILES string of the molecule is CC(C)(CNS(=O)(=O)c1ccc(Br)cc1N)NS(C)(=O)=O. The first-order valence-corrected chi connectivity index (χ1v) is 10.0. The van der Waals surface area contributed by atoms with Crippen LogP contribution < -0.4 is 15.2 Å². The minimum absolute atomic E-state index is 0.0548. The van der Waals surface area contributed by atoms with Crippen LogP contribution in [-0.2, 0) is 20.0 Å². The summed E-state index contributed by atoms with van der Waals surface area (Å²) in [4.78, 5) is -0.0548. The maximum absolute atomic E-state index is 12.2. The zero-order chi connectivity index (χ0) is 16.5. The van der Waals surface area contributed by atoms with E-state index in [1.165, 1.54) is 12.1 Å². The average Bonchev–Trinajstić information content (AvgIpc) is 2.23. The molecule has 0 heterocycles. The fraction of sp³-hybridized carbons (Fsp3) is 0.455. The molecule has 0 atom stereocenters. The van der Waals surface area contributed by atoms with E-state index in [-0.39, 0.29) is 17.1 Å². The summed E-state index contributed by atoms with van der Waals surface area (Å²) < 4.78 is 52.2. The third kappa shape index (κ3) is 5.91. The molecular formula is C11H18BrN3O4S2. The molecule has 0 bridgehead atoms. The molecule has 10 heteroatoms. The number of benzene rings is 1. The third-order valence-corrected chi connectivity index (χ3v) is 5.32. The molecule has 120 valence electrons. The van der Waals surface area contributed by atoms with Crippen LogP contribution in [0.4, 0.5) is 5.69 Å². The van der Waals surface area contributed by atoms with Gasteiger partial charge in [-0.05, 0) is 32.0 Å². The van der Waals surface area contributed by atoms with E-state index >= 15 is 0 Å². The van der Waals surface area contributed by atoms with Crippen molar-refractivity contribution in [2.45, 2.75) is 24.3 Å². The molecule has 1 aromatic carbocycles. The van der Waals surface area contributed by atoms with Gasteiger partial charge in [-0.3, -0.25) is 0 Å². The molecule has 0 saturated carbocycles. The van der Waals surface area contributed by atoms with Crippen molar-refractivity contribution in [1.29, 1.82) is 0 Å². The van der Waals surface area contributed by atoms with E-state index in [4.69, 9.17) is 5.73 Å². The van der Waals surface area contributed by atoms with Crippen molar-refractivity contribution in [2.75, 3.05) is 18.5 Å². The van der Waals surface area contributed by atoms with E-state index in [0.29, 0.717) is 4.47 Å². The Kier molecular flexibility index (Phi) is 5.43. The number of nitrogen functional groups attached to an aromatic ring is 1. The molecule has 0 spiro atoms. The van der Waals surface area contributed by atoms with Gasteiger partial charge in [-0.15, -0.1) is 0 Å². The largest absolute Gasteiger partial charge is 0.398 e. The first-order valence-electron chi connectivity index (χ1n) is 5.86. The van der Waals surface area contributed by atoms with Crippen molar-refractivity contribution in [1.82, 2.24) is 9.44 Å². The first-order chi connectivity index (χ1) is 9.32. The lowest BCUT2D eigenvalue weighted by Crippen LogP contribution is -2.50. The first kappa shape index (κ1) is 18.4. The molecule has 21 heavy (non-hydrogen) atoms. The lowest BCUT2D eigenvalue weighted by molar-refractivity contribution is 0.446. The van der Waals surface area contributed by atoms with Crippen molar-refractivity contribution in [3.63, 3.8) is 0 Å². The second kappa shape index (κ2) is 6.21. The molecule has 7 nitrogen and oxygen atoms in total. The van der Waals surface area contributed by atoms with E-state index in [2.05, 4.69) is 25.4 Å². The van der Waals surface area contributed by atoms with Crippen LogP contribution in [0.2, 0.25) is 0 Å². The second-order valence-corrected chi connectivity index (χ2v) is 9.66. The summed E-state index contributed by atoms with van der Waals surface area (Å²) in [5, 5.41) is 0. The summed E-state index contributed by atoms with van der Waals surface area (Å²) in [6, 6.07) is 4.41. The lowest BCUT2D eigenvalue weighted by atomic mass is 10.1. The minimum atomic E-state index is -3.83. The minimum Gasteiger partial charge on any atom is -0.398 e. The highest BCUT2D eigenvalue weighted by atomic mass is 79.9. The van der Waals surface area contributed by atoms with Gasteiger partial charge in [0.2, 0.25) is 20.0 Å². The van der Waals surface area contributed by atoms with Crippen molar-refractivity contribution in [2.24, 2.45) is 0 Å². The predicted molar refractivity (Wildman–Crippen MR) is 85.8 cm³/mol. The van der Waals surface area contributed by atoms with E-state index in [0.717, 1.165) is 6.26 Å². The van der Waals surface area contributed by atoms with Crippen LogP contribution in [-0.4, -0.2) is 35.2 Å². The number of hydrogen-bond donors (Lipinski definition) is 3. The van der Waals surface area contributed by atoms with Crippen LogP contribution in [0.3, 0.4) is 0 Å². The van der Waals surface area contributed by atoms with Crippen LogP contribution in [0.5, 0.6) is 0 Å². The zero-order valence-corrected chi connectivity index (χ0v) is 15.1. The lowest BCUT2D eigenvalue weighted by Gasteiger charge is -2.25. The fourth-order valence-electron chi connectivity index (χ4n) is 1.66. The number of sulfonamides is 2. The van der Waals surface area contributed by atoms with Gasteiger partial charge < -0.3 is 5.73 Å². The summed E-state index contributed by atoms with van der Waals surface area (Å²) in [6.45, 7) is 3.03. The molecule has 0 aliphatic rings. The van der Waals surface area contributed by atoms with Crippen molar-refractivity contribution in [3.8, 4) is 0 Å². The second-order valence-electron chi connectivity index (χ2n) is 5.26. The van der Waals surface area contributed by atoms with Gasteiger partial charge >= 0.3 is 0 Å². The van der Waals surface area contributed by atoms with Crippen LogP contribution in [0.15, 0.2) is 27.6 Å². The van der Waals surface area contributed by atoms with Gasteiger partial charge in [0.15, 0.2) is 0 Å². The molecular weight excluding hydrogens is 382 g/mol. The number of halogens is 1. The van der Waals surface area contributed by atoms with E-state index in [9.17, 15) is 16.8 Å². The summed E-state index contributed by atoms with van der Waals surface area (Å²) in [7, 11) is -7.27. The summed E-state index contributed by atoms with van der Waals surface area (Å²) in [5.41, 5.74) is 4.82. The zero-order valence-electron chi connectivity index (χ0n) is 11.8. The Morgan fingerprint density at radius 3 is 2.29 bits per heavy atom. The Bertz CT molecular complexity index is 730.